The summed E-state index contributed by atoms with van der Waals surface area (Å²) in [6.45, 7) is 2.55. The minimum atomic E-state index is -0.418. The largest absolute Gasteiger partial charge is 0.489 e. The van der Waals surface area contributed by atoms with Gasteiger partial charge in [-0.1, -0.05) is 48.5 Å². The van der Waals surface area contributed by atoms with Gasteiger partial charge >= 0.3 is 5.97 Å². The molecule has 0 aliphatic carbocycles. The number of hydrogen-bond acceptors (Lipinski definition) is 4. The third-order valence-electron chi connectivity index (χ3n) is 4.20. The Bertz CT molecular complexity index is 1010. The van der Waals surface area contributed by atoms with E-state index >= 15 is 0 Å². The standard InChI is InChI=1S/C25H23NO4/c1-2-29-25(28)21-9-6-10-22(17-21)26-24(27)16-13-19-11-14-23(15-12-19)30-18-20-7-4-3-5-8-20/h3-17H,2,18H2,1H3,(H,26,27). The Morgan fingerprint density at radius 2 is 1.70 bits per heavy atom. The van der Waals surface area contributed by atoms with Gasteiger partial charge in [-0.3, -0.25) is 4.79 Å². The normalized spacial score (nSPS) is 10.6. The second-order valence-corrected chi connectivity index (χ2v) is 6.47. The molecule has 0 radical (unpaired) electrons. The molecule has 3 rings (SSSR count). The molecule has 5 heteroatoms. The molecule has 0 spiro atoms. The van der Waals surface area contributed by atoms with Crippen LogP contribution < -0.4 is 10.1 Å². The molecule has 0 atom stereocenters. The van der Waals surface area contributed by atoms with Gasteiger partial charge in [0.25, 0.3) is 0 Å². The van der Waals surface area contributed by atoms with E-state index in [9.17, 15) is 9.59 Å². The highest BCUT2D eigenvalue weighted by Gasteiger charge is 2.07. The van der Waals surface area contributed by atoms with Crippen LogP contribution in [0.4, 0.5) is 5.69 Å². The molecule has 0 fully saturated rings. The smallest absolute Gasteiger partial charge is 0.338 e. The zero-order chi connectivity index (χ0) is 21.2. The van der Waals surface area contributed by atoms with Crippen molar-refractivity contribution in [3.63, 3.8) is 0 Å². The van der Waals surface area contributed by atoms with E-state index in [0.717, 1.165) is 16.9 Å². The maximum atomic E-state index is 12.2. The Kier molecular flexibility index (Phi) is 7.39. The number of amides is 1. The van der Waals surface area contributed by atoms with Crippen molar-refractivity contribution in [2.45, 2.75) is 13.5 Å². The summed E-state index contributed by atoms with van der Waals surface area (Å²) in [5.74, 6) is 0.0513. The SMILES string of the molecule is CCOC(=O)c1cccc(NC(=O)C=Cc2ccc(OCc3ccccc3)cc2)c1. The van der Waals surface area contributed by atoms with Crippen LogP contribution in [0.25, 0.3) is 6.08 Å². The van der Waals surface area contributed by atoms with E-state index in [4.69, 9.17) is 9.47 Å². The number of benzene rings is 3. The molecule has 3 aromatic rings. The summed E-state index contributed by atoms with van der Waals surface area (Å²) in [6, 6.07) is 24.1. The van der Waals surface area contributed by atoms with Gasteiger partial charge in [0.1, 0.15) is 12.4 Å². The Labute approximate surface area is 176 Å². The highest BCUT2D eigenvalue weighted by atomic mass is 16.5. The summed E-state index contributed by atoms with van der Waals surface area (Å²) in [6.07, 6.45) is 3.16. The van der Waals surface area contributed by atoms with Gasteiger partial charge < -0.3 is 14.8 Å². The molecule has 0 unspecified atom stereocenters. The van der Waals surface area contributed by atoms with Crippen LogP contribution in [-0.4, -0.2) is 18.5 Å². The van der Waals surface area contributed by atoms with Crippen molar-refractivity contribution in [3.05, 3.63) is 102 Å². The molecule has 0 bridgehead atoms. The van der Waals surface area contributed by atoms with E-state index in [2.05, 4.69) is 5.32 Å². The maximum absolute atomic E-state index is 12.2. The van der Waals surface area contributed by atoms with Crippen molar-refractivity contribution in [1.82, 2.24) is 0 Å². The minimum Gasteiger partial charge on any atom is -0.489 e. The summed E-state index contributed by atoms with van der Waals surface area (Å²) in [7, 11) is 0. The molecule has 3 aromatic carbocycles. The lowest BCUT2D eigenvalue weighted by molar-refractivity contribution is -0.111. The molecule has 0 saturated heterocycles. The Hall–Kier alpha value is -3.86. The predicted molar refractivity (Wildman–Crippen MR) is 117 cm³/mol. The topological polar surface area (TPSA) is 64.6 Å². The first kappa shape index (κ1) is 20.9. The average Bonchev–Trinajstić information content (AvgIpc) is 2.78. The molecule has 5 nitrogen and oxygen atoms in total. The molecule has 0 aromatic heterocycles. The van der Waals surface area contributed by atoms with Crippen molar-refractivity contribution >= 4 is 23.6 Å². The average molecular weight is 401 g/mol. The zero-order valence-electron chi connectivity index (χ0n) is 16.7. The van der Waals surface area contributed by atoms with Crippen LogP contribution in [0.5, 0.6) is 5.75 Å². The zero-order valence-corrected chi connectivity index (χ0v) is 16.7. The summed E-state index contributed by atoms with van der Waals surface area (Å²) < 4.78 is 10.7. The van der Waals surface area contributed by atoms with E-state index < -0.39 is 5.97 Å². The van der Waals surface area contributed by atoms with Gasteiger partial charge in [-0.15, -0.1) is 0 Å². The van der Waals surface area contributed by atoms with E-state index in [1.807, 2.05) is 54.6 Å². The molecular weight excluding hydrogens is 378 g/mol. The number of ether oxygens (including phenoxy) is 2. The van der Waals surface area contributed by atoms with E-state index in [1.165, 1.54) is 6.08 Å². The number of hydrogen-bond donors (Lipinski definition) is 1. The van der Waals surface area contributed by atoms with Crippen LogP contribution in [-0.2, 0) is 16.1 Å². The van der Waals surface area contributed by atoms with Gasteiger partial charge in [0.05, 0.1) is 12.2 Å². The molecule has 0 aliphatic rings. The van der Waals surface area contributed by atoms with Crippen molar-refractivity contribution in [2.75, 3.05) is 11.9 Å². The molecule has 0 aliphatic heterocycles. The minimum absolute atomic E-state index is 0.291. The summed E-state index contributed by atoms with van der Waals surface area (Å²) in [5.41, 5.74) is 2.90. The van der Waals surface area contributed by atoms with Crippen LogP contribution in [0.3, 0.4) is 0 Å². The molecule has 152 valence electrons. The number of carbonyl (C=O) groups is 2. The molecule has 0 saturated carbocycles. The number of rotatable bonds is 8. The van der Waals surface area contributed by atoms with Gasteiger partial charge in [-0.2, -0.15) is 0 Å². The van der Waals surface area contributed by atoms with E-state index in [0.29, 0.717) is 24.5 Å². The van der Waals surface area contributed by atoms with Crippen LogP contribution in [0, 0.1) is 0 Å². The molecular formula is C25H23NO4. The number of anilines is 1. The fourth-order valence-electron chi connectivity index (χ4n) is 2.71. The Morgan fingerprint density at radius 1 is 0.933 bits per heavy atom. The fraction of sp³-hybridized carbons (Fsp3) is 0.120. The summed E-state index contributed by atoms with van der Waals surface area (Å²) >= 11 is 0. The predicted octanol–water partition coefficient (Wildman–Crippen LogP) is 5.09. The quantitative estimate of drug-likeness (QED) is 0.422. The van der Waals surface area contributed by atoms with Crippen molar-refractivity contribution in [2.24, 2.45) is 0 Å². The lowest BCUT2D eigenvalue weighted by Crippen LogP contribution is -2.09. The summed E-state index contributed by atoms with van der Waals surface area (Å²) in [4.78, 5) is 24.0. The summed E-state index contributed by atoms with van der Waals surface area (Å²) in [5, 5.41) is 2.74. The second-order valence-electron chi connectivity index (χ2n) is 6.47. The lowest BCUT2D eigenvalue weighted by atomic mass is 10.2. The van der Waals surface area contributed by atoms with Crippen molar-refractivity contribution in [1.29, 1.82) is 0 Å². The first-order valence-corrected chi connectivity index (χ1v) is 9.67. The van der Waals surface area contributed by atoms with Crippen LogP contribution >= 0.6 is 0 Å². The third kappa shape index (κ3) is 6.34. The van der Waals surface area contributed by atoms with Crippen LogP contribution in [0.2, 0.25) is 0 Å². The maximum Gasteiger partial charge on any atom is 0.338 e. The monoisotopic (exact) mass is 401 g/mol. The Balaban J connectivity index is 1.53. The third-order valence-corrected chi connectivity index (χ3v) is 4.20. The first-order valence-electron chi connectivity index (χ1n) is 9.67. The number of nitrogens with one attached hydrogen (secondary N) is 1. The molecule has 1 N–H and O–H groups in total. The lowest BCUT2D eigenvalue weighted by Gasteiger charge is -2.06. The number of esters is 1. The highest BCUT2D eigenvalue weighted by molar-refractivity contribution is 6.02. The number of carbonyl (C=O) groups excluding carboxylic acids is 2. The van der Waals surface area contributed by atoms with Crippen LogP contribution in [0.1, 0.15) is 28.4 Å². The molecule has 30 heavy (non-hydrogen) atoms. The fourth-order valence-corrected chi connectivity index (χ4v) is 2.71. The molecule has 1 amide bonds. The van der Waals surface area contributed by atoms with E-state index in [-0.39, 0.29) is 5.91 Å². The van der Waals surface area contributed by atoms with Gasteiger partial charge in [0.2, 0.25) is 5.91 Å². The van der Waals surface area contributed by atoms with Crippen LogP contribution in [0.15, 0.2) is 84.9 Å². The second kappa shape index (κ2) is 10.6. The molecule has 0 heterocycles. The van der Waals surface area contributed by atoms with Crippen molar-refractivity contribution < 1.29 is 19.1 Å². The van der Waals surface area contributed by atoms with Gasteiger partial charge in [0, 0.05) is 11.8 Å². The Morgan fingerprint density at radius 3 is 2.43 bits per heavy atom. The first-order chi connectivity index (χ1) is 14.6. The van der Waals surface area contributed by atoms with Gasteiger partial charge in [0.15, 0.2) is 0 Å². The van der Waals surface area contributed by atoms with Gasteiger partial charge in [-0.05, 0) is 54.5 Å². The van der Waals surface area contributed by atoms with Crippen molar-refractivity contribution in [3.8, 4) is 5.75 Å². The van der Waals surface area contributed by atoms with Gasteiger partial charge in [-0.25, -0.2) is 4.79 Å². The van der Waals surface area contributed by atoms with E-state index in [1.54, 1.807) is 37.3 Å². The highest BCUT2D eigenvalue weighted by Crippen LogP contribution is 2.16.